The summed E-state index contributed by atoms with van der Waals surface area (Å²) in [4.78, 5) is 11.4. The molecule has 1 saturated carbocycles. The van der Waals surface area contributed by atoms with E-state index in [-0.39, 0.29) is 11.9 Å². The molecule has 0 aromatic carbocycles. The zero-order valence-corrected chi connectivity index (χ0v) is 8.79. The molecule has 0 bridgehead atoms. The molecule has 1 unspecified atom stereocenters. The van der Waals surface area contributed by atoms with Crippen molar-refractivity contribution < 1.29 is 9.53 Å². The highest BCUT2D eigenvalue weighted by molar-refractivity contribution is 5.76. The average Bonchev–Trinajstić information content (AvgIpc) is 2.98. The molecule has 1 aliphatic rings. The van der Waals surface area contributed by atoms with Gasteiger partial charge in [-0.3, -0.25) is 4.79 Å². The number of nitrogens with two attached hydrogens (primary N) is 1. The van der Waals surface area contributed by atoms with Crippen LogP contribution in [-0.2, 0) is 9.53 Å². The number of hydrogen-bond acceptors (Lipinski definition) is 3. The third kappa shape index (κ3) is 4.07. The van der Waals surface area contributed by atoms with Crippen molar-refractivity contribution >= 4 is 5.91 Å². The van der Waals surface area contributed by atoms with Gasteiger partial charge in [0.1, 0.15) is 0 Å². The first kappa shape index (κ1) is 11.5. The zero-order valence-electron chi connectivity index (χ0n) is 8.79. The average molecular weight is 200 g/mol. The van der Waals surface area contributed by atoms with Crippen molar-refractivity contribution in [1.29, 1.82) is 0 Å². The molecule has 1 rings (SSSR count). The Bertz CT molecular complexity index is 181. The largest absolute Gasteiger partial charge is 0.385 e. The molecule has 4 nitrogen and oxygen atoms in total. The van der Waals surface area contributed by atoms with Gasteiger partial charge in [-0.2, -0.15) is 0 Å². The molecular weight excluding hydrogens is 180 g/mol. The Balaban J connectivity index is 2.11. The van der Waals surface area contributed by atoms with Crippen LogP contribution in [0, 0.1) is 5.92 Å². The van der Waals surface area contributed by atoms with Gasteiger partial charge in [-0.1, -0.05) is 0 Å². The van der Waals surface area contributed by atoms with E-state index in [1.165, 1.54) is 12.8 Å². The van der Waals surface area contributed by atoms with E-state index in [1.54, 1.807) is 7.11 Å². The Morgan fingerprint density at radius 1 is 1.64 bits per heavy atom. The maximum absolute atomic E-state index is 11.4. The van der Waals surface area contributed by atoms with Crippen LogP contribution in [0.25, 0.3) is 0 Å². The van der Waals surface area contributed by atoms with E-state index in [9.17, 15) is 4.79 Å². The van der Waals surface area contributed by atoms with Crippen LogP contribution in [0.3, 0.4) is 0 Å². The topological polar surface area (TPSA) is 64.3 Å². The molecular formula is C10H20N2O2. The van der Waals surface area contributed by atoms with Gasteiger partial charge in [0, 0.05) is 32.7 Å². The van der Waals surface area contributed by atoms with Crippen molar-refractivity contribution in [3.05, 3.63) is 0 Å². The second-order valence-corrected chi connectivity index (χ2v) is 3.84. The number of rotatable bonds is 7. The number of hydrogen-bond donors (Lipinski definition) is 2. The Hall–Kier alpha value is -0.610. The Kier molecular flexibility index (Phi) is 4.90. The fourth-order valence-electron chi connectivity index (χ4n) is 1.52. The minimum atomic E-state index is 0.101. The quantitative estimate of drug-likeness (QED) is 0.580. The van der Waals surface area contributed by atoms with Gasteiger partial charge in [-0.05, 0) is 25.2 Å². The first-order valence-corrected chi connectivity index (χ1v) is 5.26. The van der Waals surface area contributed by atoms with Gasteiger partial charge in [0.05, 0.1) is 0 Å². The summed E-state index contributed by atoms with van der Waals surface area (Å²) in [6.07, 6.45) is 3.74. The third-order valence-electron chi connectivity index (χ3n) is 2.54. The molecule has 1 amide bonds. The van der Waals surface area contributed by atoms with Crippen molar-refractivity contribution in [2.24, 2.45) is 11.7 Å². The summed E-state index contributed by atoms with van der Waals surface area (Å²) in [7, 11) is 1.64. The lowest BCUT2D eigenvalue weighted by Crippen LogP contribution is -2.41. The summed E-state index contributed by atoms with van der Waals surface area (Å²) in [5.41, 5.74) is 5.58. The summed E-state index contributed by atoms with van der Waals surface area (Å²) in [5, 5.41) is 2.97. The molecule has 1 fully saturated rings. The van der Waals surface area contributed by atoms with E-state index < -0.39 is 0 Å². The van der Waals surface area contributed by atoms with Crippen molar-refractivity contribution in [1.82, 2.24) is 5.32 Å². The van der Waals surface area contributed by atoms with Gasteiger partial charge in [0.2, 0.25) is 5.91 Å². The molecule has 1 aliphatic carbocycles. The highest BCUT2D eigenvalue weighted by atomic mass is 16.5. The predicted octanol–water partition coefficient (Wildman–Crippen LogP) is 0.267. The van der Waals surface area contributed by atoms with E-state index in [0.717, 1.165) is 6.42 Å². The van der Waals surface area contributed by atoms with Gasteiger partial charge >= 0.3 is 0 Å². The van der Waals surface area contributed by atoms with Crippen LogP contribution in [0.2, 0.25) is 0 Å². The van der Waals surface area contributed by atoms with Crippen molar-refractivity contribution in [3.63, 3.8) is 0 Å². The van der Waals surface area contributed by atoms with Crippen molar-refractivity contribution in [3.8, 4) is 0 Å². The fourth-order valence-corrected chi connectivity index (χ4v) is 1.52. The fraction of sp³-hybridized carbons (Fsp3) is 0.900. The first-order chi connectivity index (χ1) is 6.77. The lowest BCUT2D eigenvalue weighted by molar-refractivity contribution is -0.122. The predicted molar refractivity (Wildman–Crippen MR) is 54.8 cm³/mol. The van der Waals surface area contributed by atoms with E-state index in [2.05, 4.69) is 5.32 Å². The summed E-state index contributed by atoms with van der Waals surface area (Å²) >= 11 is 0. The van der Waals surface area contributed by atoms with Gasteiger partial charge in [-0.25, -0.2) is 0 Å². The van der Waals surface area contributed by atoms with Crippen LogP contribution >= 0.6 is 0 Å². The highest BCUT2D eigenvalue weighted by Gasteiger charge is 2.30. The molecule has 14 heavy (non-hydrogen) atoms. The maximum Gasteiger partial charge on any atom is 0.220 e. The van der Waals surface area contributed by atoms with Crippen LogP contribution in [0.5, 0.6) is 0 Å². The Labute approximate surface area is 85.2 Å². The second kappa shape index (κ2) is 5.98. The lowest BCUT2D eigenvalue weighted by atomic mass is 10.2. The third-order valence-corrected chi connectivity index (χ3v) is 2.54. The molecule has 0 aliphatic heterocycles. The van der Waals surface area contributed by atoms with Crippen LogP contribution in [0.1, 0.15) is 25.7 Å². The molecule has 82 valence electrons. The summed E-state index contributed by atoms with van der Waals surface area (Å²) in [5.74, 6) is 0.732. The van der Waals surface area contributed by atoms with E-state index in [4.69, 9.17) is 10.5 Å². The molecule has 0 heterocycles. The number of ether oxygens (including phenoxy) is 1. The Morgan fingerprint density at radius 3 is 2.86 bits per heavy atom. The number of nitrogens with one attached hydrogen (secondary N) is 1. The summed E-state index contributed by atoms with van der Waals surface area (Å²) in [6, 6.07) is 0.199. The van der Waals surface area contributed by atoms with Gasteiger partial charge in [-0.15, -0.1) is 0 Å². The summed E-state index contributed by atoms with van der Waals surface area (Å²) in [6.45, 7) is 1.20. The number of amides is 1. The smallest absolute Gasteiger partial charge is 0.220 e. The number of carbonyl (C=O) groups is 1. The first-order valence-electron chi connectivity index (χ1n) is 5.26. The molecule has 0 aromatic rings. The SMILES string of the molecule is COCCCC(=O)NC(CN)C1CC1. The zero-order chi connectivity index (χ0) is 10.4. The minimum Gasteiger partial charge on any atom is -0.385 e. The van der Waals surface area contributed by atoms with E-state index in [0.29, 0.717) is 25.5 Å². The maximum atomic E-state index is 11.4. The van der Waals surface area contributed by atoms with Gasteiger partial charge in [0.25, 0.3) is 0 Å². The lowest BCUT2D eigenvalue weighted by Gasteiger charge is -2.15. The van der Waals surface area contributed by atoms with E-state index in [1.807, 2.05) is 0 Å². The molecule has 0 radical (unpaired) electrons. The molecule has 1 atom stereocenters. The van der Waals surface area contributed by atoms with Crippen molar-refractivity contribution in [2.45, 2.75) is 31.7 Å². The number of carbonyl (C=O) groups excluding carboxylic acids is 1. The van der Waals surface area contributed by atoms with Gasteiger partial charge < -0.3 is 15.8 Å². The molecule has 0 saturated heterocycles. The molecule has 0 aromatic heterocycles. The standard InChI is InChI=1S/C10H20N2O2/c1-14-6-2-3-10(13)12-9(7-11)8-4-5-8/h8-9H,2-7,11H2,1H3,(H,12,13). The molecule has 0 spiro atoms. The van der Waals surface area contributed by atoms with Crippen LogP contribution in [0.4, 0.5) is 0 Å². The number of methoxy groups -OCH3 is 1. The van der Waals surface area contributed by atoms with Crippen LogP contribution < -0.4 is 11.1 Å². The highest BCUT2D eigenvalue weighted by Crippen LogP contribution is 2.32. The normalized spacial score (nSPS) is 17.9. The second-order valence-electron chi connectivity index (χ2n) is 3.84. The molecule has 3 N–H and O–H groups in total. The van der Waals surface area contributed by atoms with Gasteiger partial charge in [0.15, 0.2) is 0 Å². The Morgan fingerprint density at radius 2 is 2.36 bits per heavy atom. The minimum absolute atomic E-state index is 0.101. The van der Waals surface area contributed by atoms with Crippen LogP contribution in [0.15, 0.2) is 0 Å². The van der Waals surface area contributed by atoms with E-state index >= 15 is 0 Å². The summed E-state index contributed by atoms with van der Waals surface area (Å²) < 4.78 is 4.88. The monoisotopic (exact) mass is 200 g/mol. The van der Waals surface area contributed by atoms with Crippen molar-refractivity contribution in [2.75, 3.05) is 20.3 Å². The van der Waals surface area contributed by atoms with Crippen LogP contribution in [-0.4, -0.2) is 32.2 Å². The molecule has 4 heteroatoms.